The molecular formula is C15H22N2O2. The summed E-state index contributed by atoms with van der Waals surface area (Å²) in [6.07, 6.45) is 0.174. The molecule has 2 N–H and O–H groups in total. The standard InChI is InChI=1S/C15H22N2O2/c1-11-4-3-5-13(6-11)17-10-12(2)8-16-9-14(17)7-15(18)19/h3-6,12,14,16H,7-10H2,1-2H3,(H,18,19). The number of hydrogen-bond acceptors (Lipinski definition) is 3. The maximum Gasteiger partial charge on any atom is 0.305 e. The fourth-order valence-electron chi connectivity index (χ4n) is 2.66. The van der Waals surface area contributed by atoms with Gasteiger partial charge in [0, 0.05) is 18.8 Å². The second-order valence-corrected chi connectivity index (χ2v) is 5.51. The van der Waals surface area contributed by atoms with E-state index in [4.69, 9.17) is 5.11 Å². The van der Waals surface area contributed by atoms with E-state index in [9.17, 15) is 4.79 Å². The van der Waals surface area contributed by atoms with Crippen molar-refractivity contribution in [2.75, 3.05) is 24.5 Å². The highest BCUT2D eigenvalue weighted by Gasteiger charge is 2.26. The first-order chi connectivity index (χ1) is 9.06. The molecule has 1 aromatic rings. The van der Waals surface area contributed by atoms with E-state index in [1.54, 1.807) is 0 Å². The molecule has 1 aliphatic heterocycles. The molecule has 2 rings (SSSR count). The average molecular weight is 262 g/mol. The minimum absolute atomic E-state index is 0.0178. The van der Waals surface area contributed by atoms with Crippen LogP contribution >= 0.6 is 0 Å². The fourth-order valence-corrected chi connectivity index (χ4v) is 2.66. The van der Waals surface area contributed by atoms with Crippen LogP contribution in [0.4, 0.5) is 5.69 Å². The predicted octanol–water partition coefficient (Wildman–Crippen LogP) is 1.88. The van der Waals surface area contributed by atoms with Gasteiger partial charge in [-0.15, -0.1) is 0 Å². The quantitative estimate of drug-likeness (QED) is 0.873. The van der Waals surface area contributed by atoms with E-state index in [1.807, 2.05) is 6.07 Å². The second-order valence-electron chi connectivity index (χ2n) is 5.51. The minimum Gasteiger partial charge on any atom is -0.481 e. The minimum atomic E-state index is -0.737. The van der Waals surface area contributed by atoms with Gasteiger partial charge >= 0.3 is 5.97 Å². The van der Waals surface area contributed by atoms with Crippen molar-refractivity contribution in [3.63, 3.8) is 0 Å². The zero-order valence-electron chi connectivity index (χ0n) is 11.6. The van der Waals surface area contributed by atoms with Gasteiger partial charge in [0.25, 0.3) is 0 Å². The molecule has 2 unspecified atom stereocenters. The molecule has 1 aliphatic rings. The van der Waals surface area contributed by atoms with Crippen molar-refractivity contribution in [3.8, 4) is 0 Å². The number of carbonyl (C=O) groups is 1. The van der Waals surface area contributed by atoms with Crippen molar-refractivity contribution >= 4 is 11.7 Å². The summed E-state index contributed by atoms with van der Waals surface area (Å²) in [4.78, 5) is 13.3. The highest BCUT2D eigenvalue weighted by Crippen LogP contribution is 2.22. The fraction of sp³-hybridized carbons (Fsp3) is 0.533. The summed E-state index contributed by atoms with van der Waals surface area (Å²) in [6, 6.07) is 8.32. The largest absolute Gasteiger partial charge is 0.481 e. The molecule has 19 heavy (non-hydrogen) atoms. The third-order valence-corrected chi connectivity index (χ3v) is 3.57. The molecule has 104 valence electrons. The van der Waals surface area contributed by atoms with Gasteiger partial charge in [-0.3, -0.25) is 4.79 Å². The van der Waals surface area contributed by atoms with E-state index >= 15 is 0 Å². The molecule has 0 aliphatic carbocycles. The third kappa shape index (κ3) is 3.70. The maximum atomic E-state index is 11.1. The summed E-state index contributed by atoms with van der Waals surface area (Å²) in [6.45, 7) is 6.82. The number of benzene rings is 1. The molecule has 0 aromatic heterocycles. The summed E-state index contributed by atoms with van der Waals surface area (Å²) in [5.74, 6) is -0.224. The van der Waals surface area contributed by atoms with E-state index < -0.39 is 5.97 Å². The third-order valence-electron chi connectivity index (χ3n) is 3.57. The Morgan fingerprint density at radius 2 is 2.26 bits per heavy atom. The lowest BCUT2D eigenvalue weighted by Gasteiger charge is -2.32. The van der Waals surface area contributed by atoms with Crippen LogP contribution in [0.2, 0.25) is 0 Å². The first-order valence-electron chi connectivity index (χ1n) is 6.82. The lowest BCUT2D eigenvalue weighted by Crippen LogP contribution is -2.41. The summed E-state index contributed by atoms with van der Waals surface area (Å²) in [5.41, 5.74) is 2.33. The summed E-state index contributed by atoms with van der Waals surface area (Å²) < 4.78 is 0. The molecule has 0 amide bonds. The van der Waals surface area contributed by atoms with Gasteiger partial charge in [-0.25, -0.2) is 0 Å². The number of hydrogen-bond donors (Lipinski definition) is 2. The molecule has 1 fully saturated rings. The molecular weight excluding hydrogens is 240 g/mol. The van der Waals surface area contributed by atoms with Crippen molar-refractivity contribution in [2.45, 2.75) is 26.3 Å². The zero-order valence-corrected chi connectivity index (χ0v) is 11.6. The Morgan fingerprint density at radius 3 is 2.95 bits per heavy atom. The van der Waals surface area contributed by atoms with Crippen LogP contribution in [-0.2, 0) is 4.79 Å². The van der Waals surface area contributed by atoms with Crippen LogP contribution in [0, 0.1) is 12.8 Å². The SMILES string of the molecule is Cc1cccc(N2CC(C)CNCC2CC(=O)O)c1. The number of nitrogens with zero attached hydrogens (tertiary/aromatic N) is 1. The van der Waals surface area contributed by atoms with Crippen LogP contribution in [0.3, 0.4) is 0 Å². The summed E-state index contributed by atoms with van der Waals surface area (Å²) >= 11 is 0. The van der Waals surface area contributed by atoms with Gasteiger partial charge in [-0.1, -0.05) is 19.1 Å². The van der Waals surface area contributed by atoms with Gasteiger partial charge in [-0.2, -0.15) is 0 Å². The molecule has 4 nitrogen and oxygen atoms in total. The molecule has 0 bridgehead atoms. The number of anilines is 1. The lowest BCUT2D eigenvalue weighted by atomic mass is 10.1. The molecule has 0 radical (unpaired) electrons. The molecule has 0 saturated carbocycles. The van der Waals surface area contributed by atoms with Crippen LogP contribution in [0.25, 0.3) is 0 Å². The monoisotopic (exact) mass is 262 g/mol. The highest BCUT2D eigenvalue weighted by molar-refractivity contribution is 5.68. The van der Waals surface area contributed by atoms with E-state index in [0.717, 1.165) is 25.3 Å². The Labute approximate surface area is 114 Å². The summed E-state index contributed by atoms with van der Waals surface area (Å²) in [5, 5.41) is 12.5. The normalized spacial score (nSPS) is 24.0. The maximum absolute atomic E-state index is 11.1. The lowest BCUT2D eigenvalue weighted by molar-refractivity contribution is -0.137. The molecule has 1 aromatic carbocycles. The van der Waals surface area contributed by atoms with Crippen molar-refractivity contribution in [1.82, 2.24) is 5.32 Å². The number of nitrogens with one attached hydrogen (secondary N) is 1. The van der Waals surface area contributed by atoms with Gasteiger partial charge in [0.2, 0.25) is 0 Å². The van der Waals surface area contributed by atoms with E-state index in [0.29, 0.717) is 5.92 Å². The van der Waals surface area contributed by atoms with Crippen LogP contribution < -0.4 is 10.2 Å². The first-order valence-corrected chi connectivity index (χ1v) is 6.82. The summed E-state index contributed by atoms with van der Waals surface area (Å²) in [7, 11) is 0. The van der Waals surface area contributed by atoms with Gasteiger partial charge in [0.15, 0.2) is 0 Å². The highest BCUT2D eigenvalue weighted by atomic mass is 16.4. The smallest absolute Gasteiger partial charge is 0.305 e. The van der Waals surface area contributed by atoms with Crippen LogP contribution in [-0.4, -0.2) is 36.8 Å². The Bertz CT molecular complexity index is 448. The number of carboxylic acids is 1. The molecule has 2 atom stereocenters. The van der Waals surface area contributed by atoms with E-state index in [-0.39, 0.29) is 12.5 Å². The Morgan fingerprint density at radius 1 is 1.47 bits per heavy atom. The van der Waals surface area contributed by atoms with Crippen LogP contribution in [0.5, 0.6) is 0 Å². The number of aliphatic carboxylic acids is 1. The van der Waals surface area contributed by atoms with Crippen molar-refractivity contribution in [2.24, 2.45) is 5.92 Å². The van der Waals surface area contributed by atoms with Crippen LogP contribution in [0.1, 0.15) is 18.9 Å². The zero-order chi connectivity index (χ0) is 13.8. The van der Waals surface area contributed by atoms with Crippen molar-refractivity contribution < 1.29 is 9.90 Å². The van der Waals surface area contributed by atoms with Gasteiger partial charge < -0.3 is 15.3 Å². The number of aryl methyl sites for hydroxylation is 1. The van der Waals surface area contributed by atoms with Crippen molar-refractivity contribution in [1.29, 1.82) is 0 Å². The molecule has 0 spiro atoms. The Balaban J connectivity index is 2.26. The van der Waals surface area contributed by atoms with Gasteiger partial charge in [0.05, 0.1) is 12.5 Å². The molecule has 1 heterocycles. The average Bonchev–Trinajstić information content (AvgIpc) is 2.51. The number of carboxylic acid groups (broad SMARTS) is 1. The van der Waals surface area contributed by atoms with Crippen LogP contribution in [0.15, 0.2) is 24.3 Å². The first kappa shape index (κ1) is 13.9. The predicted molar refractivity (Wildman–Crippen MR) is 76.6 cm³/mol. The number of rotatable bonds is 3. The topological polar surface area (TPSA) is 52.6 Å². The van der Waals surface area contributed by atoms with Gasteiger partial charge in [-0.05, 0) is 37.1 Å². The molecule has 4 heteroatoms. The van der Waals surface area contributed by atoms with E-state index in [1.165, 1.54) is 5.56 Å². The van der Waals surface area contributed by atoms with E-state index in [2.05, 4.69) is 42.3 Å². The van der Waals surface area contributed by atoms with Gasteiger partial charge in [0.1, 0.15) is 0 Å². The second kappa shape index (κ2) is 6.06. The Kier molecular flexibility index (Phi) is 4.43. The molecule has 1 saturated heterocycles. The van der Waals surface area contributed by atoms with Crippen molar-refractivity contribution in [3.05, 3.63) is 29.8 Å². The Hall–Kier alpha value is -1.55.